The van der Waals surface area contributed by atoms with E-state index in [0.29, 0.717) is 16.5 Å². The Morgan fingerprint density at radius 3 is 3.00 bits per heavy atom. The van der Waals surface area contributed by atoms with Gasteiger partial charge in [-0.2, -0.15) is 0 Å². The van der Waals surface area contributed by atoms with Crippen molar-refractivity contribution in [1.82, 2.24) is 15.0 Å². The zero-order valence-electron chi connectivity index (χ0n) is 11.6. The minimum absolute atomic E-state index is 0.404. The summed E-state index contributed by atoms with van der Waals surface area (Å²) in [5.41, 5.74) is 4.01. The molecule has 3 aromatic heterocycles. The molecule has 107 valence electrons. The van der Waals surface area contributed by atoms with E-state index in [1.165, 1.54) is 6.33 Å². The van der Waals surface area contributed by atoms with Crippen LogP contribution >= 0.6 is 11.6 Å². The number of aromatic nitrogens is 3. The average Bonchev–Trinajstić information content (AvgIpc) is 2.89. The third-order valence-electron chi connectivity index (χ3n) is 3.41. The summed E-state index contributed by atoms with van der Waals surface area (Å²) in [4.78, 5) is 12.7. The Morgan fingerprint density at radius 2 is 2.09 bits per heavy atom. The van der Waals surface area contributed by atoms with Crippen LogP contribution in [-0.2, 0) is 0 Å². The van der Waals surface area contributed by atoms with Gasteiger partial charge in [0, 0.05) is 16.6 Å². The molecule has 0 aliphatic carbocycles. The molecule has 0 saturated heterocycles. The first-order valence-electron chi connectivity index (χ1n) is 6.66. The van der Waals surface area contributed by atoms with Crippen LogP contribution in [0, 0.1) is 13.2 Å². The number of rotatable bonds is 2. The van der Waals surface area contributed by atoms with Gasteiger partial charge in [-0.3, -0.25) is 0 Å². The number of halogens is 1. The Balaban J connectivity index is 1.81. The van der Waals surface area contributed by atoms with Crippen molar-refractivity contribution in [2.75, 3.05) is 5.32 Å². The van der Waals surface area contributed by atoms with Gasteiger partial charge in [-0.15, -0.1) is 0 Å². The number of furan rings is 1. The molecular formula is C16H10ClN4O. The van der Waals surface area contributed by atoms with Gasteiger partial charge in [0.25, 0.3) is 0 Å². The van der Waals surface area contributed by atoms with Crippen molar-refractivity contribution in [3.63, 3.8) is 0 Å². The molecule has 1 aromatic carbocycles. The van der Waals surface area contributed by atoms with Gasteiger partial charge in [0.1, 0.15) is 22.6 Å². The third kappa shape index (κ3) is 2.16. The summed E-state index contributed by atoms with van der Waals surface area (Å²) >= 11 is 5.97. The summed E-state index contributed by atoms with van der Waals surface area (Å²) < 4.78 is 5.33. The Morgan fingerprint density at radius 1 is 1.18 bits per heavy atom. The van der Waals surface area contributed by atoms with Gasteiger partial charge in [-0.1, -0.05) is 11.6 Å². The van der Waals surface area contributed by atoms with Gasteiger partial charge >= 0.3 is 0 Å². The monoisotopic (exact) mass is 309 g/mol. The first-order chi connectivity index (χ1) is 10.7. The van der Waals surface area contributed by atoms with Crippen LogP contribution in [0.4, 0.5) is 11.5 Å². The molecular weight excluding hydrogens is 300 g/mol. The Hall–Kier alpha value is -2.66. The van der Waals surface area contributed by atoms with Gasteiger partial charge in [0.05, 0.1) is 5.52 Å². The predicted octanol–water partition coefficient (Wildman–Crippen LogP) is 4.28. The Bertz CT molecular complexity index is 996. The zero-order valence-corrected chi connectivity index (χ0v) is 12.3. The smallest absolute Gasteiger partial charge is 0.173 e. The molecule has 0 bridgehead atoms. The molecule has 0 aliphatic heterocycles. The fourth-order valence-electron chi connectivity index (χ4n) is 2.32. The highest BCUT2D eigenvalue weighted by Crippen LogP contribution is 2.27. The van der Waals surface area contributed by atoms with Crippen LogP contribution in [0.5, 0.6) is 0 Å². The van der Waals surface area contributed by atoms with E-state index in [0.717, 1.165) is 27.7 Å². The van der Waals surface area contributed by atoms with E-state index in [1.807, 2.05) is 31.2 Å². The van der Waals surface area contributed by atoms with Crippen molar-refractivity contribution in [3.05, 3.63) is 53.6 Å². The summed E-state index contributed by atoms with van der Waals surface area (Å²) in [7, 11) is 0. The third-order valence-corrected chi connectivity index (χ3v) is 3.62. The van der Waals surface area contributed by atoms with E-state index in [2.05, 4.69) is 26.5 Å². The van der Waals surface area contributed by atoms with Gasteiger partial charge in [0.2, 0.25) is 0 Å². The van der Waals surface area contributed by atoms with E-state index in [1.54, 1.807) is 6.07 Å². The van der Waals surface area contributed by atoms with Crippen LogP contribution in [-0.4, -0.2) is 15.0 Å². The molecule has 0 fully saturated rings. The number of fused-ring (bicyclic) bond motifs is 2. The molecule has 4 rings (SSSR count). The van der Waals surface area contributed by atoms with Crippen molar-refractivity contribution in [1.29, 1.82) is 0 Å². The summed E-state index contributed by atoms with van der Waals surface area (Å²) in [5, 5.41) is 4.67. The number of anilines is 2. The molecule has 0 aliphatic rings. The number of pyridine rings is 1. The molecule has 1 N–H and O–H groups in total. The number of nitrogens with one attached hydrogen (secondary N) is 1. The fourth-order valence-corrected chi connectivity index (χ4v) is 2.47. The van der Waals surface area contributed by atoms with E-state index in [4.69, 9.17) is 16.0 Å². The average molecular weight is 310 g/mol. The lowest BCUT2D eigenvalue weighted by Gasteiger charge is -2.08. The van der Waals surface area contributed by atoms with Gasteiger partial charge in [-0.25, -0.2) is 15.0 Å². The number of hydrogen-bond acceptors (Lipinski definition) is 5. The summed E-state index contributed by atoms with van der Waals surface area (Å²) in [6.07, 6.45) is 4.34. The lowest BCUT2D eigenvalue weighted by molar-refractivity contribution is 0.603. The first kappa shape index (κ1) is 13.0. The molecule has 0 unspecified atom stereocenters. The van der Waals surface area contributed by atoms with Gasteiger partial charge in [0.15, 0.2) is 12.1 Å². The zero-order chi connectivity index (χ0) is 15.1. The molecule has 6 heteroatoms. The quantitative estimate of drug-likeness (QED) is 0.560. The topological polar surface area (TPSA) is 63.8 Å². The first-order valence-corrected chi connectivity index (χ1v) is 7.03. The molecule has 3 heterocycles. The number of hydrogen-bond donors (Lipinski definition) is 1. The van der Waals surface area contributed by atoms with Crippen LogP contribution in [0.3, 0.4) is 0 Å². The molecule has 4 aromatic rings. The maximum absolute atomic E-state index is 5.97. The highest BCUT2D eigenvalue weighted by molar-refractivity contribution is 6.29. The van der Waals surface area contributed by atoms with Crippen LogP contribution in [0.1, 0.15) is 5.56 Å². The van der Waals surface area contributed by atoms with E-state index >= 15 is 0 Å². The number of nitrogens with zero attached hydrogens (tertiary/aromatic N) is 3. The molecule has 1 radical (unpaired) electrons. The minimum Gasteiger partial charge on any atom is -0.452 e. The van der Waals surface area contributed by atoms with E-state index < -0.39 is 0 Å². The highest BCUT2D eigenvalue weighted by Gasteiger charge is 2.08. The largest absolute Gasteiger partial charge is 0.452 e. The number of benzene rings is 1. The molecule has 0 saturated carbocycles. The predicted molar refractivity (Wildman–Crippen MR) is 85.4 cm³/mol. The minimum atomic E-state index is 0.404. The lowest BCUT2D eigenvalue weighted by atomic mass is 10.2. The highest BCUT2D eigenvalue weighted by atomic mass is 35.5. The summed E-state index contributed by atoms with van der Waals surface area (Å²) in [6, 6.07) is 9.32. The van der Waals surface area contributed by atoms with Gasteiger partial charge < -0.3 is 9.73 Å². The normalized spacial score (nSPS) is 11.2. The van der Waals surface area contributed by atoms with Crippen LogP contribution in [0.15, 0.2) is 41.1 Å². The number of aryl methyl sites for hydroxylation is 1. The molecule has 0 spiro atoms. The Labute approximate surface area is 131 Å². The molecule has 0 atom stereocenters. The van der Waals surface area contributed by atoms with Crippen molar-refractivity contribution in [3.8, 4) is 0 Å². The molecule has 0 amide bonds. The molecule has 5 nitrogen and oxygen atoms in total. The Kier molecular flexibility index (Phi) is 2.94. The fraction of sp³-hybridized carbons (Fsp3) is 0.0625. The van der Waals surface area contributed by atoms with Crippen molar-refractivity contribution < 1.29 is 4.42 Å². The van der Waals surface area contributed by atoms with Crippen LogP contribution < -0.4 is 5.32 Å². The van der Waals surface area contributed by atoms with Crippen molar-refractivity contribution >= 4 is 45.1 Å². The van der Waals surface area contributed by atoms with Gasteiger partial charge in [-0.05, 0) is 37.3 Å². The van der Waals surface area contributed by atoms with E-state index in [-0.39, 0.29) is 0 Å². The SMILES string of the molecule is Cc1[c]oc2ccc(Nc3ncnc4ccc(Cl)nc34)cc12. The maximum atomic E-state index is 5.97. The second kappa shape index (κ2) is 4.96. The maximum Gasteiger partial charge on any atom is 0.173 e. The summed E-state index contributed by atoms with van der Waals surface area (Å²) in [5.74, 6) is 0.608. The second-order valence-electron chi connectivity index (χ2n) is 4.89. The van der Waals surface area contributed by atoms with Crippen molar-refractivity contribution in [2.24, 2.45) is 0 Å². The standard InChI is InChI=1S/C16H10ClN4O/c1-9-7-22-13-4-2-10(6-11(9)13)20-16-15-12(18-8-19-16)3-5-14(17)21-15/h2-6,8H,1H3,(H,18,19,20). The molecule has 22 heavy (non-hydrogen) atoms. The lowest BCUT2D eigenvalue weighted by Crippen LogP contribution is -1.97. The van der Waals surface area contributed by atoms with Crippen molar-refractivity contribution in [2.45, 2.75) is 6.92 Å². The van der Waals surface area contributed by atoms with E-state index in [9.17, 15) is 0 Å². The summed E-state index contributed by atoms with van der Waals surface area (Å²) in [6.45, 7) is 1.96. The van der Waals surface area contributed by atoms with Crippen LogP contribution in [0.25, 0.3) is 22.0 Å². The van der Waals surface area contributed by atoms with Crippen LogP contribution in [0.2, 0.25) is 5.15 Å². The second-order valence-corrected chi connectivity index (χ2v) is 5.28.